The number of aromatic nitrogens is 1. The molecule has 2 aliphatic heterocycles. The van der Waals surface area contributed by atoms with E-state index in [0.29, 0.717) is 37.4 Å². The quantitative estimate of drug-likeness (QED) is 0.483. The molecule has 3 amide bonds. The molecule has 1 aromatic heterocycles. The Balaban J connectivity index is 1.01. The topological polar surface area (TPSA) is 132 Å². The highest BCUT2D eigenvalue weighted by Gasteiger charge is 2.58. The lowest BCUT2D eigenvalue weighted by atomic mass is 9.47. The van der Waals surface area contributed by atoms with E-state index < -0.39 is 9.84 Å². The van der Waals surface area contributed by atoms with Gasteiger partial charge in [0.2, 0.25) is 5.91 Å². The lowest BCUT2D eigenvalue weighted by Gasteiger charge is -2.59. The fourth-order valence-electron chi connectivity index (χ4n) is 8.84. The summed E-state index contributed by atoms with van der Waals surface area (Å²) < 4.78 is 23.0. The van der Waals surface area contributed by atoms with Gasteiger partial charge >= 0.3 is 6.03 Å². The Labute approximate surface area is 259 Å². The maximum Gasteiger partial charge on any atom is 0.322 e. The highest BCUT2D eigenvalue weighted by atomic mass is 32.2. The first-order chi connectivity index (χ1) is 21.1. The maximum atomic E-state index is 13.8. The zero-order valence-corrected chi connectivity index (χ0v) is 26.2. The Morgan fingerprint density at radius 3 is 2.30 bits per heavy atom. The number of nitrogens with zero attached hydrogens (tertiary/aromatic N) is 5. The number of carbonyl (C=O) groups excluding carboxylic acids is 2. The van der Waals surface area contributed by atoms with Gasteiger partial charge in [-0.25, -0.2) is 18.2 Å². The van der Waals surface area contributed by atoms with Gasteiger partial charge in [-0.3, -0.25) is 14.6 Å². The molecule has 44 heavy (non-hydrogen) atoms. The highest BCUT2D eigenvalue weighted by molar-refractivity contribution is 7.90. The van der Waals surface area contributed by atoms with Crippen molar-refractivity contribution in [2.75, 3.05) is 72.5 Å². The van der Waals surface area contributed by atoms with Gasteiger partial charge < -0.3 is 20.9 Å². The lowest BCUT2D eigenvalue weighted by Crippen LogP contribution is -2.63. The SMILES string of the molecule is CS(=O)(=O)CCN1CCN(c2ccc(N3CCN(C(=O)N[C@H]4C5CC6CC4C[C@@](C(N)=O)(C6)C5)c4ccccc43)nc2)CC1. The summed E-state index contributed by atoms with van der Waals surface area (Å²) in [5.74, 6) is 2.05. The molecule has 2 aromatic rings. The molecule has 2 unspecified atom stereocenters. The standard InChI is InChI=1S/C32H43N7O4S/c1-44(42,43)15-14-36-8-10-37(11-9-36)25-6-7-28(34-21-25)38-12-13-39(27-5-3-2-4-26(27)38)31(41)35-29-23-16-22-17-24(29)20-32(18-22,19-23)30(33)40/h2-7,21-24,29H,8-20H2,1H3,(H2,33,40)(H,35,41)/t22?,23?,24?,29-,32+. The van der Waals surface area contributed by atoms with Crippen LogP contribution in [0.1, 0.15) is 32.1 Å². The van der Waals surface area contributed by atoms with Crippen molar-refractivity contribution >= 4 is 44.7 Å². The monoisotopic (exact) mass is 621 g/mol. The molecule has 5 fully saturated rings. The molecule has 0 spiro atoms. The number of nitrogens with two attached hydrogens (primary N) is 1. The molecule has 4 aliphatic carbocycles. The van der Waals surface area contributed by atoms with Crippen molar-refractivity contribution in [2.24, 2.45) is 28.9 Å². The molecular formula is C32H43N7O4S. The number of carbonyl (C=O) groups is 2. The summed E-state index contributed by atoms with van der Waals surface area (Å²) in [5.41, 5.74) is 8.38. The molecule has 3 N–H and O–H groups in total. The van der Waals surface area contributed by atoms with Gasteiger partial charge in [-0.15, -0.1) is 0 Å². The number of fused-ring (bicyclic) bond motifs is 1. The van der Waals surface area contributed by atoms with Gasteiger partial charge in [-0.1, -0.05) is 12.1 Å². The van der Waals surface area contributed by atoms with Gasteiger partial charge in [-0.2, -0.15) is 0 Å². The average molecular weight is 622 g/mol. The van der Waals surface area contributed by atoms with E-state index >= 15 is 0 Å². The van der Waals surface area contributed by atoms with Gasteiger partial charge in [0.15, 0.2) is 0 Å². The number of hydrogen-bond acceptors (Lipinski definition) is 8. The van der Waals surface area contributed by atoms with E-state index in [1.807, 2.05) is 41.4 Å². The minimum Gasteiger partial charge on any atom is -0.369 e. The largest absolute Gasteiger partial charge is 0.369 e. The van der Waals surface area contributed by atoms with Crippen LogP contribution in [0, 0.1) is 23.2 Å². The summed E-state index contributed by atoms with van der Waals surface area (Å²) in [7, 11) is -2.96. The smallest absolute Gasteiger partial charge is 0.322 e. The number of sulfone groups is 1. The number of primary amides is 1. The van der Waals surface area contributed by atoms with E-state index in [-0.39, 0.29) is 29.1 Å². The molecule has 1 saturated heterocycles. The molecule has 11 nitrogen and oxygen atoms in total. The number of pyridine rings is 1. The third-order valence-corrected chi connectivity index (χ3v) is 11.8. The second-order valence-corrected chi connectivity index (χ2v) is 16.0. The minimum absolute atomic E-state index is 0.0679. The van der Waals surface area contributed by atoms with Gasteiger partial charge in [0.1, 0.15) is 15.7 Å². The molecule has 0 radical (unpaired) electrons. The summed E-state index contributed by atoms with van der Waals surface area (Å²) in [4.78, 5) is 39.5. The number of nitrogens with one attached hydrogen (secondary N) is 1. The fourth-order valence-corrected chi connectivity index (χ4v) is 9.43. The van der Waals surface area contributed by atoms with Crippen LogP contribution in [0.2, 0.25) is 0 Å². The van der Waals surface area contributed by atoms with Crippen molar-refractivity contribution < 1.29 is 18.0 Å². The number of para-hydroxylation sites is 2. The zero-order chi connectivity index (χ0) is 30.6. The van der Waals surface area contributed by atoms with Crippen LogP contribution in [0.3, 0.4) is 0 Å². The van der Waals surface area contributed by atoms with E-state index in [9.17, 15) is 18.0 Å². The second kappa shape index (κ2) is 11.2. The predicted molar refractivity (Wildman–Crippen MR) is 171 cm³/mol. The van der Waals surface area contributed by atoms with Crippen molar-refractivity contribution in [3.63, 3.8) is 0 Å². The molecule has 8 rings (SSSR count). The lowest BCUT2D eigenvalue weighted by molar-refractivity contribution is -0.145. The maximum absolute atomic E-state index is 13.8. The van der Waals surface area contributed by atoms with Crippen LogP contribution in [-0.2, 0) is 14.6 Å². The van der Waals surface area contributed by atoms with E-state index in [1.54, 1.807) is 0 Å². The molecule has 3 heterocycles. The summed E-state index contributed by atoms with van der Waals surface area (Å²) in [6.45, 7) is 5.04. The van der Waals surface area contributed by atoms with E-state index in [1.165, 1.54) is 6.26 Å². The normalized spacial score (nSPS) is 29.9. The molecule has 6 aliphatic rings. The summed E-state index contributed by atoms with van der Waals surface area (Å²) in [5, 5.41) is 3.41. The molecular weight excluding hydrogens is 578 g/mol. The third-order valence-electron chi connectivity index (χ3n) is 10.9. The van der Waals surface area contributed by atoms with Crippen LogP contribution in [0.25, 0.3) is 0 Å². The molecule has 12 heteroatoms. The number of benzene rings is 1. The van der Waals surface area contributed by atoms with Crippen LogP contribution in [0.4, 0.5) is 27.7 Å². The van der Waals surface area contributed by atoms with Crippen LogP contribution >= 0.6 is 0 Å². The Kier molecular flexibility index (Phi) is 7.47. The summed E-state index contributed by atoms with van der Waals surface area (Å²) in [6.07, 6.45) is 7.85. The summed E-state index contributed by atoms with van der Waals surface area (Å²) >= 11 is 0. The molecule has 1 aromatic carbocycles. The third kappa shape index (κ3) is 5.51. The minimum atomic E-state index is -2.96. The first kappa shape index (κ1) is 29.3. The van der Waals surface area contributed by atoms with E-state index in [2.05, 4.69) is 26.1 Å². The molecule has 2 atom stereocenters. The Bertz CT molecular complexity index is 1510. The first-order valence-corrected chi connectivity index (χ1v) is 18.0. The number of anilines is 4. The van der Waals surface area contributed by atoms with Gasteiger partial charge in [0.05, 0.1) is 29.0 Å². The van der Waals surface area contributed by atoms with Crippen molar-refractivity contribution in [2.45, 2.75) is 38.1 Å². The number of urea groups is 1. The Hall–Kier alpha value is -3.38. The fraction of sp³-hybridized carbons (Fsp3) is 0.594. The van der Waals surface area contributed by atoms with Crippen LogP contribution in [0.5, 0.6) is 0 Å². The van der Waals surface area contributed by atoms with E-state index in [0.717, 1.165) is 81.2 Å². The zero-order valence-electron chi connectivity index (χ0n) is 25.4. The number of rotatable bonds is 7. The Morgan fingerprint density at radius 2 is 1.66 bits per heavy atom. The Morgan fingerprint density at radius 1 is 0.955 bits per heavy atom. The van der Waals surface area contributed by atoms with Gasteiger partial charge in [0, 0.05) is 63.5 Å². The average Bonchev–Trinajstić information content (AvgIpc) is 3.01. The van der Waals surface area contributed by atoms with Crippen molar-refractivity contribution in [3.8, 4) is 0 Å². The number of piperazine rings is 1. The number of hydrogen-bond donors (Lipinski definition) is 2. The first-order valence-electron chi connectivity index (χ1n) is 15.9. The van der Waals surface area contributed by atoms with Crippen LogP contribution in [0.15, 0.2) is 42.6 Å². The second-order valence-electron chi connectivity index (χ2n) is 13.7. The van der Waals surface area contributed by atoms with E-state index in [4.69, 9.17) is 10.7 Å². The van der Waals surface area contributed by atoms with Crippen LogP contribution in [-0.4, -0.2) is 94.1 Å². The highest BCUT2D eigenvalue weighted by Crippen LogP contribution is 2.60. The van der Waals surface area contributed by atoms with Crippen molar-refractivity contribution in [1.29, 1.82) is 0 Å². The van der Waals surface area contributed by atoms with Crippen LogP contribution < -0.4 is 25.8 Å². The predicted octanol–water partition coefficient (Wildman–Crippen LogP) is 2.60. The molecule has 4 saturated carbocycles. The molecule has 4 bridgehead atoms. The molecule has 236 valence electrons. The number of amides is 3. The van der Waals surface area contributed by atoms with Gasteiger partial charge in [0.25, 0.3) is 0 Å². The van der Waals surface area contributed by atoms with Gasteiger partial charge in [-0.05, 0) is 74.1 Å². The van der Waals surface area contributed by atoms with Crippen molar-refractivity contribution in [3.05, 3.63) is 42.6 Å². The van der Waals surface area contributed by atoms with Crippen molar-refractivity contribution in [1.82, 2.24) is 15.2 Å². The summed E-state index contributed by atoms with van der Waals surface area (Å²) in [6, 6.07) is 12.2.